The second-order valence-corrected chi connectivity index (χ2v) is 5.85. The molecule has 0 saturated heterocycles. The van der Waals surface area contributed by atoms with Crippen LogP contribution in [0.3, 0.4) is 0 Å². The van der Waals surface area contributed by atoms with Crippen molar-refractivity contribution in [3.8, 4) is 0 Å². The number of hydrogen-bond donors (Lipinski definition) is 2. The number of benzene rings is 1. The van der Waals surface area contributed by atoms with Gasteiger partial charge in [-0.05, 0) is 30.7 Å². The first-order valence-corrected chi connectivity index (χ1v) is 7.22. The molecule has 1 fully saturated rings. The zero-order chi connectivity index (χ0) is 13.2. The molecule has 0 bridgehead atoms. The topological polar surface area (TPSA) is 51.2 Å². The van der Waals surface area contributed by atoms with Gasteiger partial charge < -0.3 is 4.42 Å². The lowest BCUT2D eigenvalue weighted by atomic mass is 9.77. The smallest absolute Gasteiger partial charge is 0.134 e. The van der Waals surface area contributed by atoms with Gasteiger partial charge in [0.2, 0.25) is 0 Å². The summed E-state index contributed by atoms with van der Waals surface area (Å²) in [6, 6.07) is 8.39. The lowest BCUT2D eigenvalue weighted by Crippen LogP contribution is -2.35. The summed E-state index contributed by atoms with van der Waals surface area (Å²) in [4.78, 5) is 0. The lowest BCUT2D eigenvalue weighted by molar-refractivity contribution is 0.232. The van der Waals surface area contributed by atoms with Gasteiger partial charge in [0.15, 0.2) is 0 Å². The van der Waals surface area contributed by atoms with E-state index in [1.165, 1.54) is 36.6 Å². The summed E-state index contributed by atoms with van der Waals surface area (Å²) in [5.41, 5.74) is 5.17. The van der Waals surface area contributed by atoms with Gasteiger partial charge in [-0.2, -0.15) is 0 Å². The predicted molar refractivity (Wildman–Crippen MR) is 77.4 cm³/mol. The molecule has 2 aromatic rings. The van der Waals surface area contributed by atoms with Crippen LogP contribution in [0.4, 0.5) is 0 Å². The molecular formula is C16H22N2O. The molecule has 3 rings (SSSR count). The number of furan rings is 1. The Morgan fingerprint density at radius 1 is 1.21 bits per heavy atom. The summed E-state index contributed by atoms with van der Waals surface area (Å²) in [5.74, 6) is 7.30. The predicted octanol–water partition coefficient (Wildman–Crippen LogP) is 3.76. The Morgan fingerprint density at radius 2 is 1.95 bits per heavy atom. The van der Waals surface area contributed by atoms with Crippen LogP contribution in [-0.2, 0) is 0 Å². The highest BCUT2D eigenvalue weighted by molar-refractivity contribution is 5.81. The fraction of sp³-hybridized carbons (Fsp3) is 0.500. The van der Waals surface area contributed by atoms with Crippen molar-refractivity contribution in [3.05, 3.63) is 36.1 Å². The fourth-order valence-corrected chi connectivity index (χ4v) is 3.34. The van der Waals surface area contributed by atoms with E-state index >= 15 is 0 Å². The van der Waals surface area contributed by atoms with Gasteiger partial charge in [0.25, 0.3) is 0 Å². The van der Waals surface area contributed by atoms with E-state index in [-0.39, 0.29) is 6.04 Å². The zero-order valence-corrected chi connectivity index (χ0v) is 11.4. The monoisotopic (exact) mass is 258 g/mol. The second kappa shape index (κ2) is 5.35. The van der Waals surface area contributed by atoms with Crippen LogP contribution in [0.25, 0.3) is 11.0 Å². The van der Waals surface area contributed by atoms with E-state index in [0.29, 0.717) is 5.92 Å². The minimum absolute atomic E-state index is 0.205. The molecule has 1 aliphatic rings. The maximum atomic E-state index is 5.83. The van der Waals surface area contributed by atoms with Crippen LogP contribution in [0.15, 0.2) is 34.9 Å². The number of rotatable bonds is 3. The number of fused-ring (bicyclic) bond motifs is 1. The third kappa shape index (κ3) is 2.40. The Balaban J connectivity index is 1.89. The maximum absolute atomic E-state index is 5.83. The molecule has 3 N–H and O–H groups in total. The second-order valence-electron chi connectivity index (χ2n) is 5.85. The largest absolute Gasteiger partial charge is 0.464 e. The first-order chi connectivity index (χ1) is 9.29. The molecule has 1 saturated carbocycles. The number of nitrogens with two attached hydrogens (primary N) is 1. The Kier molecular flexibility index (Phi) is 3.58. The van der Waals surface area contributed by atoms with E-state index in [2.05, 4.69) is 24.5 Å². The standard InChI is InChI=1S/C16H22N2O/c1-11-6-8-12(9-7-11)16(18-17)14-10-19-15-5-3-2-4-13(14)15/h2-5,10-12,16,18H,6-9,17H2,1H3. The molecular weight excluding hydrogens is 236 g/mol. The normalized spacial score (nSPS) is 25.6. The van der Waals surface area contributed by atoms with Crippen LogP contribution in [-0.4, -0.2) is 0 Å². The lowest BCUT2D eigenvalue weighted by Gasteiger charge is -2.32. The van der Waals surface area contributed by atoms with E-state index in [1.807, 2.05) is 18.4 Å². The third-order valence-corrected chi connectivity index (χ3v) is 4.56. The van der Waals surface area contributed by atoms with Crippen LogP contribution in [0.2, 0.25) is 0 Å². The highest BCUT2D eigenvalue weighted by Crippen LogP contribution is 2.38. The van der Waals surface area contributed by atoms with E-state index in [9.17, 15) is 0 Å². The number of hydrogen-bond acceptors (Lipinski definition) is 3. The van der Waals surface area contributed by atoms with Gasteiger partial charge in [-0.25, -0.2) is 0 Å². The highest BCUT2D eigenvalue weighted by atomic mass is 16.3. The van der Waals surface area contributed by atoms with Crippen molar-refractivity contribution >= 4 is 11.0 Å². The molecule has 0 radical (unpaired) electrons. The maximum Gasteiger partial charge on any atom is 0.134 e. The molecule has 1 atom stereocenters. The van der Waals surface area contributed by atoms with Crippen LogP contribution in [0.5, 0.6) is 0 Å². The fourth-order valence-electron chi connectivity index (χ4n) is 3.34. The molecule has 0 spiro atoms. The Hall–Kier alpha value is -1.32. The molecule has 102 valence electrons. The van der Waals surface area contributed by atoms with Crippen molar-refractivity contribution in [2.45, 2.75) is 38.6 Å². The molecule has 1 aromatic carbocycles. The van der Waals surface area contributed by atoms with E-state index in [4.69, 9.17) is 10.3 Å². The Morgan fingerprint density at radius 3 is 2.68 bits per heavy atom. The van der Waals surface area contributed by atoms with Crippen molar-refractivity contribution in [1.82, 2.24) is 5.43 Å². The Bertz CT molecular complexity index is 540. The zero-order valence-electron chi connectivity index (χ0n) is 11.4. The highest BCUT2D eigenvalue weighted by Gasteiger charge is 2.28. The van der Waals surface area contributed by atoms with Gasteiger partial charge in [-0.3, -0.25) is 11.3 Å². The number of hydrazine groups is 1. The molecule has 19 heavy (non-hydrogen) atoms. The molecule has 0 amide bonds. The van der Waals surface area contributed by atoms with Crippen molar-refractivity contribution in [2.24, 2.45) is 17.7 Å². The first kappa shape index (κ1) is 12.7. The summed E-state index contributed by atoms with van der Waals surface area (Å²) < 4.78 is 5.65. The molecule has 1 unspecified atom stereocenters. The minimum Gasteiger partial charge on any atom is -0.464 e. The molecule has 0 aliphatic heterocycles. The van der Waals surface area contributed by atoms with Gasteiger partial charge >= 0.3 is 0 Å². The van der Waals surface area contributed by atoms with Gasteiger partial charge in [0.1, 0.15) is 5.58 Å². The number of para-hydroxylation sites is 1. The van der Waals surface area contributed by atoms with Crippen LogP contribution in [0, 0.1) is 11.8 Å². The average Bonchev–Trinajstić information content (AvgIpc) is 2.86. The van der Waals surface area contributed by atoms with E-state index in [1.54, 1.807) is 0 Å². The summed E-state index contributed by atoms with van der Waals surface area (Å²) >= 11 is 0. The quantitative estimate of drug-likeness (QED) is 0.651. The van der Waals surface area contributed by atoms with Crippen LogP contribution in [0.1, 0.15) is 44.2 Å². The van der Waals surface area contributed by atoms with Gasteiger partial charge in [0.05, 0.1) is 12.3 Å². The number of nitrogens with one attached hydrogen (secondary N) is 1. The van der Waals surface area contributed by atoms with E-state index < -0.39 is 0 Å². The van der Waals surface area contributed by atoms with Crippen molar-refractivity contribution in [2.75, 3.05) is 0 Å². The molecule has 3 heteroatoms. The molecule has 1 heterocycles. The molecule has 1 aromatic heterocycles. The van der Waals surface area contributed by atoms with Crippen molar-refractivity contribution < 1.29 is 4.42 Å². The summed E-state index contributed by atoms with van der Waals surface area (Å²) in [5, 5.41) is 1.18. The van der Waals surface area contributed by atoms with Gasteiger partial charge in [-0.1, -0.05) is 38.0 Å². The van der Waals surface area contributed by atoms with Gasteiger partial charge in [-0.15, -0.1) is 0 Å². The molecule has 3 nitrogen and oxygen atoms in total. The van der Waals surface area contributed by atoms with Crippen LogP contribution >= 0.6 is 0 Å². The van der Waals surface area contributed by atoms with Gasteiger partial charge in [0, 0.05) is 10.9 Å². The summed E-state index contributed by atoms with van der Waals surface area (Å²) in [7, 11) is 0. The summed E-state index contributed by atoms with van der Waals surface area (Å²) in [6.45, 7) is 2.34. The SMILES string of the molecule is CC1CCC(C(NN)c2coc3ccccc23)CC1. The van der Waals surface area contributed by atoms with Crippen LogP contribution < -0.4 is 11.3 Å². The van der Waals surface area contributed by atoms with Crippen molar-refractivity contribution in [3.63, 3.8) is 0 Å². The minimum atomic E-state index is 0.205. The Labute approximate surface area is 114 Å². The first-order valence-electron chi connectivity index (χ1n) is 7.22. The average molecular weight is 258 g/mol. The van der Waals surface area contributed by atoms with Crippen molar-refractivity contribution in [1.29, 1.82) is 0 Å². The third-order valence-electron chi connectivity index (χ3n) is 4.56. The summed E-state index contributed by atoms with van der Waals surface area (Å²) in [6.07, 6.45) is 6.97. The van der Waals surface area contributed by atoms with E-state index in [0.717, 1.165) is 11.5 Å². The molecule has 1 aliphatic carbocycles.